The van der Waals surface area contributed by atoms with E-state index in [0.29, 0.717) is 26.2 Å². The summed E-state index contributed by atoms with van der Waals surface area (Å²) in [5, 5.41) is 0. The number of methoxy groups -OCH3 is 1. The zero-order valence-electron chi connectivity index (χ0n) is 9.81. The molecule has 0 aliphatic carbocycles. The van der Waals surface area contributed by atoms with Crippen molar-refractivity contribution < 1.29 is 14.3 Å². The number of ether oxygens (including phenoxy) is 1. The van der Waals surface area contributed by atoms with E-state index in [1.807, 2.05) is 0 Å². The number of nitrogens with two attached hydrogens (primary N) is 1. The van der Waals surface area contributed by atoms with E-state index in [-0.39, 0.29) is 18.4 Å². The maximum absolute atomic E-state index is 11.7. The second-order valence-corrected chi connectivity index (χ2v) is 3.92. The Kier molecular flexibility index (Phi) is 4.70. The predicted molar refractivity (Wildman–Crippen MR) is 58.7 cm³/mol. The molecule has 0 aromatic carbocycles. The summed E-state index contributed by atoms with van der Waals surface area (Å²) in [4.78, 5) is 26.5. The lowest BCUT2D eigenvalue weighted by Crippen LogP contribution is -2.55. The Bertz CT molecular complexity index is 268. The van der Waals surface area contributed by atoms with Crippen molar-refractivity contribution in [3.8, 4) is 0 Å². The third kappa shape index (κ3) is 3.18. The zero-order valence-corrected chi connectivity index (χ0v) is 9.81. The number of rotatable bonds is 4. The van der Waals surface area contributed by atoms with Crippen LogP contribution in [0.1, 0.15) is 6.92 Å². The molecule has 92 valence electrons. The highest BCUT2D eigenvalue weighted by Crippen LogP contribution is 2.04. The molecule has 1 rings (SSSR count). The van der Waals surface area contributed by atoms with E-state index in [0.717, 1.165) is 0 Å². The van der Waals surface area contributed by atoms with Crippen molar-refractivity contribution >= 4 is 11.8 Å². The van der Waals surface area contributed by atoms with Gasteiger partial charge in [-0.05, 0) is 6.92 Å². The largest absolute Gasteiger partial charge is 0.383 e. The highest BCUT2D eigenvalue weighted by molar-refractivity contribution is 5.88. The normalized spacial score (nSPS) is 18.8. The fraction of sp³-hybridized carbons (Fsp3) is 0.800. The molecule has 1 aliphatic heterocycles. The Hall–Kier alpha value is -1.14. The fourth-order valence-corrected chi connectivity index (χ4v) is 1.62. The van der Waals surface area contributed by atoms with Gasteiger partial charge in [0.25, 0.3) is 0 Å². The molecule has 2 N–H and O–H groups in total. The molecule has 0 radical (unpaired) electrons. The highest BCUT2D eigenvalue weighted by Gasteiger charge is 2.27. The number of piperazine rings is 1. The molecule has 0 spiro atoms. The van der Waals surface area contributed by atoms with Crippen molar-refractivity contribution in [3.05, 3.63) is 0 Å². The molecule has 16 heavy (non-hydrogen) atoms. The molecule has 1 saturated heterocycles. The molecule has 0 unspecified atom stereocenters. The molecule has 1 fully saturated rings. The summed E-state index contributed by atoms with van der Waals surface area (Å²) in [7, 11) is 1.60. The summed E-state index contributed by atoms with van der Waals surface area (Å²) in [5.74, 6) is -0.211. The fourth-order valence-electron chi connectivity index (χ4n) is 1.62. The zero-order chi connectivity index (χ0) is 12.1. The average Bonchev–Trinajstić information content (AvgIpc) is 2.26. The standard InChI is InChI=1S/C10H19N3O3/c1-8(11)10(15)13-4-3-12(5-6-16-2)9(14)7-13/h8H,3-7,11H2,1-2H3/t8-/m1/s1. The van der Waals surface area contributed by atoms with Crippen molar-refractivity contribution in [1.82, 2.24) is 9.80 Å². The van der Waals surface area contributed by atoms with E-state index < -0.39 is 6.04 Å². The quantitative estimate of drug-likeness (QED) is 0.647. The van der Waals surface area contributed by atoms with Gasteiger partial charge in [-0.2, -0.15) is 0 Å². The van der Waals surface area contributed by atoms with Crippen LogP contribution in [0.4, 0.5) is 0 Å². The molecule has 0 aromatic heterocycles. The van der Waals surface area contributed by atoms with E-state index in [9.17, 15) is 9.59 Å². The second-order valence-electron chi connectivity index (χ2n) is 3.92. The lowest BCUT2D eigenvalue weighted by molar-refractivity contribution is -0.146. The van der Waals surface area contributed by atoms with Gasteiger partial charge in [0.15, 0.2) is 0 Å². The van der Waals surface area contributed by atoms with Gasteiger partial charge in [-0.1, -0.05) is 0 Å². The van der Waals surface area contributed by atoms with Crippen molar-refractivity contribution in [2.45, 2.75) is 13.0 Å². The number of carbonyl (C=O) groups is 2. The minimum atomic E-state index is -0.543. The third-order valence-corrected chi connectivity index (χ3v) is 2.59. The van der Waals surface area contributed by atoms with E-state index in [4.69, 9.17) is 10.5 Å². The first-order valence-electron chi connectivity index (χ1n) is 5.37. The Morgan fingerprint density at radius 3 is 2.75 bits per heavy atom. The van der Waals surface area contributed by atoms with Gasteiger partial charge in [0, 0.05) is 26.7 Å². The van der Waals surface area contributed by atoms with Crippen LogP contribution in [-0.2, 0) is 14.3 Å². The van der Waals surface area contributed by atoms with Crippen LogP contribution in [0, 0.1) is 0 Å². The van der Waals surface area contributed by atoms with E-state index in [2.05, 4.69) is 0 Å². The molecule has 0 saturated carbocycles. The molecule has 0 aromatic rings. The lowest BCUT2D eigenvalue weighted by atomic mass is 10.2. The Morgan fingerprint density at radius 2 is 2.25 bits per heavy atom. The molecular formula is C10H19N3O3. The molecule has 1 atom stereocenters. The van der Waals surface area contributed by atoms with Gasteiger partial charge in [0.1, 0.15) is 0 Å². The lowest BCUT2D eigenvalue weighted by Gasteiger charge is -2.34. The van der Waals surface area contributed by atoms with Crippen LogP contribution in [-0.4, -0.2) is 67.6 Å². The topological polar surface area (TPSA) is 75.9 Å². The minimum Gasteiger partial charge on any atom is -0.383 e. The summed E-state index contributed by atoms with van der Waals surface area (Å²) in [6.45, 7) is 3.97. The van der Waals surface area contributed by atoms with Crippen LogP contribution in [0.3, 0.4) is 0 Å². The number of hydrogen-bond donors (Lipinski definition) is 1. The van der Waals surface area contributed by atoms with Crippen LogP contribution in [0.15, 0.2) is 0 Å². The van der Waals surface area contributed by atoms with Gasteiger partial charge in [-0.3, -0.25) is 9.59 Å². The van der Waals surface area contributed by atoms with Gasteiger partial charge in [-0.15, -0.1) is 0 Å². The maximum atomic E-state index is 11.7. The first-order chi connectivity index (χ1) is 7.56. The van der Waals surface area contributed by atoms with Gasteiger partial charge >= 0.3 is 0 Å². The molecule has 2 amide bonds. The number of amides is 2. The second kappa shape index (κ2) is 5.81. The highest BCUT2D eigenvalue weighted by atomic mass is 16.5. The summed E-state index contributed by atoms with van der Waals surface area (Å²) in [5.41, 5.74) is 5.49. The van der Waals surface area contributed by atoms with Crippen LogP contribution in [0.2, 0.25) is 0 Å². The monoisotopic (exact) mass is 229 g/mol. The van der Waals surface area contributed by atoms with E-state index in [1.54, 1.807) is 18.9 Å². The SMILES string of the molecule is COCCN1CCN(C(=O)[C@@H](C)N)CC1=O. The van der Waals surface area contributed by atoms with Gasteiger partial charge < -0.3 is 20.3 Å². The Balaban J connectivity index is 2.45. The van der Waals surface area contributed by atoms with Gasteiger partial charge in [-0.25, -0.2) is 0 Å². The first kappa shape index (κ1) is 12.9. The molecule has 6 nitrogen and oxygen atoms in total. The Labute approximate surface area is 95.3 Å². The van der Waals surface area contributed by atoms with Crippen LogP contribution >= 0.6 is 0 Å². The molecule has 0 bridgehead atoms. The first-order valence-corrected chi connectivity index (χ1v) is 5.37. The Morgan fingerprint density at radius 1 is 1.56 bits per heavy atom. The smallest absolute Gasteiger partial charge is 0.242 e. The minimum absolute atomic E-state index is 0.0442. The van der Waals surface area contributed by atoms with Crippen LogP contribution in [0.25, 0.3) is 0 Å². The molecule has 6 heteroatoms. The molecule has 1 heterocycles. The molecular weight excluding hydrogens is 210 g/mol. The maximum Gasteiger partial charge on any atom is 0.242 e. The van der Waals surface area contributed by atoms with Crippen molar-refractivity contribution in [2.75, 3.05) is 39.9 Å². The predicted octanol–water partition coefficient (Wildman–Crippen LogP) is -1.35. The van der Waals surface area contributed by atoms with Crippen LogP contribution < -0.4 is 5.73 Å². The molecule has 1 aliphatic rings. The van der Waals surface area contributed by atoms with E-state index in [1.165, 1.54) is 4.90 Å². The summed E-state index contributed by atoms with van der Waals surface area (Å²) in [6.07, 6.45) is 0. The third-order valence-electron chi connectivity index (χ3n) is 2.59. The van der Waals surface area contributed by atoms with Crippen LogP contribution in [0.5, 0.6) is 0 Å². The van der Waals surface area contributed by atoms with Crippen molar-refractivity contribution in [3.63, 3.8) is 0 Å². The van der Waals surface area contributed by atoms with E-state index >= 15 is 0 Å². The summed E-state index contributed by atoms with van der Waals surface area (Å²) in [6, 6.07) is -0.543. The number of carbonyl (C=O) groups excluding carboxylic acids is 2. The number of hydrogen-bond acceptors (Lipinski definition) is 4. The van der Waals surface area contributed by atoms with Gasteiger partial charge in [0.05, 0.1) is 19.2 Å². The average molecular weight is 229 g/mol. The number of nitrogens with zero attached hydrogens (tertiary/aromatic N) is 2. The summed E-state index contributed by atoms with van der Waals surface area (Å²) < 4.78 is 4.91. The van der Waals surface area contributed by atoms with Gasteiger partial charge in [0.2, 0.25) is 11.8 Å². The summed E-state index contributed by atoms with van der Waals surface area (Å²) >= 11 is 0. The van der Waals surface area contributed by atoms with Crippen molar-refractivity contribution in [2.24, 2.45) is 5.73 Å². The van der Waals surface area contributed by atoms with Crippen molar-refractivity contribution in [1.29, 1.82) is 0 Å².